The third-order valence-electron chi connectivity index (χ3n) is 26.9. The Balaban J connectivity index is 0.000000163. The van der Waals surface area contributed by atoms with E-state index in [0.717, 1.165) is 186 Å². The quantitative estimate of drug-likeness (QED) is 0.0169. The lowest BCUT2D eigenvalue weighted by atomic mass is 9.97. The van der Waals surface area contributed by atoms with Gasteiger partial charge in [0.1, 0.15) is 39.4 Å². The van der Waals surface area contributed by atoms with Crippen LogP contribution in [0.15, 0.2) is 167 Å². The second-order valence-corrected chi connectivity index (χ2v) is 38.7. The number of anilines is 19. The van der Waals surface area contributed by atoms with Crippen LogP contribution in [0.5, 0.6) is 23.0 Å². The third-order valence-corrected chi connectivity index (χ3v) is 27.4. The molecule has 10 aromatic rings. The number of hydrogen-bond donors (Lipinski definition) is 8. The number of carbonyl (C=O) groups is 4. The molecule has 1 saturated carbocycles. The summed E-state index contributed by atoms with van der Waals surface area (Å²) in [6.07, 6.45) is 25.4. The molecule has 40 heteroatoms. The molecule has 4 atom stereocenters. The molecule has 38 nitrogen and oxygen atoms in total. The lowest BCUT2D eigenvalue weighted by molar-refractivity contribution is -0.112. The van der Waals surface area contributed by atoms with E-state index in [-0.39, 0.29) is 23.6 Å². The van der Waals surface area contributed by atoms with Gasteiger partial charge >= 0.3 is 0 Å². The van der Waals surface area contributed by atoms with E-state index in [1.54, 1.807) is 53.2 Å². The van der Waals surface area contributed by atoms with Crippen molar-refractivity contribution in [3.05, 3.63) is 177 Å². The van der Waals surface area contributed by atoms with Gasteiger partial charge in [-0.25, -0.2) is 29.9 Å². The molecule has 5 saturated heterocycles. The number of benzene rings is 5. The molecule has 8 N–H and O–H groups in total. The Kier molecular flexibility index (Phi) is 39.0. The summed E-state index contributed by atoms with van der Waals surface area (Å²) < 4.78 is 28.4. The van der Waals surface area contributed by atoms with Gasteiger partial charge < -0.3 is 120 Å². The summed E-state index contributed by atoms with van der Waals surface area (Å²) in [5, 5.41) is 26.9. The number of halogens is 2. The lowest BCUT2D eigenvalue weighted by Crippen LogP contribution is -2.44. The normalized spacial score (nSPS) is 16.7. The lowest BCUT2D eigenvalue weighted by Gasteiger charge is -2.40. The summed E-state index contributed by atoms with van der Waals surface area (Å²) in [7, 11) is 27.0. The van der Waals surface area contributed by atoms with E-state index in [9.17, 15) is 19.2 Å². The number of pyridine rings is 1. The number of methoxy groups -OCH3 is 4. The summed E-state index contributed by atoms with van der Waals surface area (Å²) >= 11 is 13.1. The molecule has 5 aromatic heterocycles. The largest absolute Gasteiger partial charge is 0.494 e. The van der Waals surface area contributed by atoms with E-state index in [0.29, 0.717) is 145 Å². The van der Waals surface area contributed by atoms with Crippen molar-refractivity contribution in [2.24, 2.45) is 5.92 Å². The Labute approximate surface area is 867 Å². The highest BCUT2D eigenvalue weighted by Gasteiger charge is 2.40. The number of ether oxygens (including phenoxy) is 5. The molecule has 16 rings (SSSR count). The molecular formula is C106H141Cl2N29O9. The number of piperidine rings is 4. The van der Waals surface area contributed by atoms with Crippen LogP contribution in [0.2, 0.25) is 10.0 Å². The van der Waals surface area contributed by atoms with Gasteiger partial charge in [0, 0.05) is 171 Å². The van der Waals surface area contributed by atoms with Crippen molar-refractivity contribution in [1.29, 1.82) is 0 Å². The van der Waals surface area contributed by atoms with Crippen molar-refractivity contribution < 1.29 is 42.9 Å². The van der Waals surface area contributed by atoms with Crippen LogP contribution in [0.1, 0.15) is 84.5 Å². The fourth-order valence-electron chi connectivity index (χ4n) is 18.8. The number of carbonyl (C=O) groups excluding carboxylic acids is 4. The van der Waals surface area contributed by atoms with Crippen LogP contribution in [0.25, 0.3) is 22.2 Å². The van der Waals surface area contributed by atoms with Gasteiger partial charge in [-0.15, -0.1) is 0 Å². The average Bonchev–Trinajstić information content (AvgIpc) is 1.51. The first-order valence-electron chi connectivity index (χ1n) is 49.4. The Morgan fingerprint density at radius 1 is 0.452 bits per heavy atom. The monoisotopic (exact) mass is 2030 g/mol. The molecule has 0 spiro atoms. The minimum atomic E-state index is -0.305. The number of likely N-dealkylation sites (N-methyl/N-ethyl adjacent to an activating group) is 4. The zero-order chi connectivity index (χ0) is 104. The van der Waals surface area contributed by atoms with E-state index >= 15 is 0 Å². The zero-order valence-electron chi connectivity index (χ0n) is 86.9. The van der Waals surface area contributed by atoms with Gasteiger partial charge in [-0.05, 0) is 214 Å². The van der Waals surface area contributed by atoms with Crippen molar-refractivity contribution in [2.45, 2.75) is 115 Å². The first-order chi connectivity index (χ1) is 70.3. The fourth-order valence-corrected chi connectivity index (χ4v) is 19.2. The maximum absolute atomic E-state index is 12.3. The van der Waals surface area contributed by atoms with Gasteiger partial charge in [0.05, 0.1) is 127 Å². The molecule has 2 bridgehead atoms. The molecular weight excluding hydrogens is 1890 g/mol. The highest BCUT2D eigenvalue weighted by atomic mass is 35.5. The van der Waals surface area contributed by atoms with Gasteiger partial charge in [-0.1, -0.05) is 67.7 Å². The second kappa shape index (κ2) is 52.2. The van der Waals surface area contributed by atoms with Crippen LogP contribution in [0, 0.1) is 5.92 Å². The van der Waals surface area contributed by atoms with Crippen molar-refractivity contribution in [3.8, 4) is 34.3 Å². The Morgan fingerprint density at radius 3 is 1.38 bits per heavy atom. The van der Waals surface area contributed by atoms with E-state index in [2.05, 4.69) is 206 Å². The number of aromatic nitrogens is 10. The number of nitrogens with one attached hydrogen (secondary N) is 8. The zero-order valence-corrected chi connectivity index (χ0v) is 88.4. The number of amides is 4. The molecule has 4 amide bonds. The smallest absolute Gasteiger partial charge is 0.247 e. The van der Waals surface area contributed by atoms with Gasteiger partial charge in [-0.3, -0.25) is 24.2 Å². The maximum atomic E-state index is 12.3. The van der Waals surface area contributed by atoms with Crippen molar-refractivity contribution in [2.75, 3.05) is 261 Å². The summed E-state index contributed by atoms with van der Waals surface area (Å²) in [5.41, 5.74) is 11.1. The maximum Gasteiger partial charge on any atom is 0.247 e. The van der Waals surface area contributed by atoms with E-state index in [1.807, 2.05) is 121 Å². The molecule has 2 unspecified atom stereocenters. The molecule has 5 aromatic carbocycles. The summed E-state index contributed by atoms with van der Waals surface area (Å²) in [6, 6.07) is 29.2. The number of nitrogens with zero attached hydrogens (tertiary/aromatic N) is 21. The van der Waals surface area contributed by atoms with Gasteiger partial charge in [0.15, 0.2) is 11.6 Å². The first-order valence-corrected chi connectivity index (χ1v) is 50.2. The fraction of sp³-hybridized carbons (Fsp3) is 0.434. The number of fused-ring (bicyclic) bond motifs is 3. The number of rotatable bonds is 36. The van der Waals surface area contributed by atoms with Crippen molar-refractivity contribution >= 4 is 167 Å². The number of hydrogen-bond acceptors (Lipinski definition) is 34. The van der Waals surface area contributed by atoms with Crippen LogP contribution in [0.3, 0.4) is 0 Å². The van der Waals surface area contributed by atoms with Crippen molar-refractivity contribution in [3.63, 3.8) is 0 Å². The van der Waals surface area contributed by atoms with Crippen LogP contribution in [0.4, 0.5) is 110 Å². The van der Waals surface area contributed by atoms with Crippen molar-refractivity contribution in [1.82, 2.24) is 69.4 Å². The molecule has 0 radical (unpaired) electrons. The first kappa shape index (κ1) is 109. The van der Waals surface area contributed by atoms with Gasteiger partial charge in [0.25, 0.3) is 0 Å². The Bertz CT molecular complexity index is 6170. The topological polar surface area (TPSA) is 375 Å². The Morgan fingerprint density at radius 2 is 0.911 bits per heavy atom. The van der Waals surface area contributed by atoms with Gasteiger partial charge in [0.2, 0.25) is 53.4 Å². The molecule has 6 aliphatic rings. The SMILES string of the molecule is C=CC(=O)Nc1cc(Nc2ncc(Cl)c(N3C(C)CCCC3C)n2)c(OC)cc1N1CCC(N(C)C)CC1.C=CC(=O)Nc1cc(Nc2ncc(Cl)c(N3C[C@H]4CC[C@@H]3C4)n2)c(OC)cc1N1CCC(N(C)C)CC1.C=CC(=O)Nc1cc(Nc2nccc(-c3cnc4ccccc4c3)n2)c(OC)cc1N(C)CCN(C)C.C=CC(=O)Nc1cc(Nc2ncnc(N3CCCOCC3)n2)c(OC)cc1N(C)CCN(C)C. The minimum absolute atomic E-state index is 0.269. The third kappa shape index (κ3) is 28.8. The number of para-hydroxylation sites is 1. The molecule has 6 fully saturated rings. The van der Waals surface area contributed by atoms with Crippen LogP contribution in [-0.2, 0) is 23.9 Å². The van der Waals surface area contributed by atoms with E-state index in [1.165, 1.54) is 56.3 Å². The molecule has 146 heavy (non-hydrogen) atoms. The average molecular weight is 2040 g/mol. The second-order valence-electron chi connectivity index (χ2n) is 37.9. The minimum Gasteiger partial charge on any atom is -0.494 e. The predicted octanol–water partition coefficient (Wildman–Crippen LogP) is 16.4. The predicted molar refractivity (Wildman–Crippen MR) is 590 cm³/mol. The Hall–Kier alpha value is -14.0. The van der Waals surface area contributed by atoms with Gasteiger partial charge in [-0.2, -0.15) is 15.0 Å². The van der Waals surface area contributed by atoms with Crippen LogP contribution >= 0.6 is 23.2 Å². The highest BCUT2D eigenvalue weighted by Crippen LogP contribution is 2.47. The summed E-state index contributed by atoms with van der Waals surface area (Å²) in [6.45, 7) is 29.4. The molecule has 1 aliphatic carbocycles. The van der Waals surface area contributed by atoms with Crippen LogP contribution < -0.4 is 95.8 Å². The molecule has 5 aliphatic heterocycles. The standard InChI is InChI=1S/C28H40ClN7O2.C28H31N7O2.C27H36ClN7O2.C23H34N8O3/c1-7-26(37)31-22-15-23(25(38-6)16-24(22)35-13-11-20(12-14-35)34(4)5)32-28-30-17-21(29)27(33-28)36-18(2)9-8-10-19(36)3;1-6-27(36)31-23-16-24(26(37-5)17-25(23)35(4)14-13-34(2)3)33-28-29-12-11-22(32-28)20-15-19-9-7-8-10-21(19)30-18-20;1-5-25(36)30-21-13-22(24(37-4)14-23(21)34-10-8-18(9-11-34)33(2)3)31-27-29-15-20(28)26(32-27)35-16-17-6-7-19(35)12-17;1-6-21(32)26-17-14-18(20(33-5)15-19(17)30(4)10-9-29(2)3)27-22-24-16-25-23(28-22)31-8-7-12-34-13-11-31/h7,15-20H,1,8-14H2,2-6H3,(H,31,37)(H,30,32,33);6-12,15-18H,1,13-14H2,2-5H3,(H,31,36)(H,29,32,33);5,13-15,17-19H,1,6-12,16H2,2-4H3,(H,30,36)(H,29,31,32);6,14-16H,1,7-13H2,2-5H3,(H,26,32)(H,24,25,27,28)/t;;17-,19+;/m..0./s1. The molecule has 778 valence electrons. The molecule has 10 heterocycles. The van der Waals surface area contributed by atoms with E-state index < -0.39 is 0 Å². The van der Waals surface area contributed by atoms with E-state index in [4.69, 9.17) is 61.8 Å². The summed E-state index contributed by atoms with van der Waals surface area (Å²) in [5.74, 6) is 5.71. The summed E-state index contributed by atoms with van der Waals surface area (Å²) in [4.78, 5) is 118. The van der Waals surface area contributed by atoms with Crippen LogP contribution in [-0.4, -0.2) is 307 Å². The highest BCUT2D eigenvalue weighted by molar-refractivity contribution is 6.33.